The molecule has 0 saturated carbocycles. The Labute approximate surface area is 534 Å². The SMILES string of the molecule is [C-]#[N+]c1cc2nc3c4ccc(-c5ccc(N(c6ccc(C)cc6)c6ccc(C)cc6)cc5)cc4c4ccccc4c3nc2cc1C#N.[C-]#[N+]c1cc2nc3c4ccc(-c5ccc(N6c7ccccc7Oc7ccccc76)cc5)cc4c4ccccc4c3nc2cc1C#N. The van der Waals surface area contributed by atoms with Crippen LogP contribution >= 0.6 is 0 Å². The Morgan fingerprint density at radius 3 is 1.12 bits per heavy atom. The molecule has 0 atom stereocenters. The van der Waals surface area contributed by atoms with Gasteiger partial charge in [0.25, 0.3) is 0 Å². The Kier molecular flexibility index (Phi) is 13.2. The maximum atomic E-state index is 9.58. The first kappa shape index (κ1) is 55.0. The molecule has 0 N–H and O–H groups in total. The largest absolute Gasteiger partial charge is 0.453 e. The molecule has 0 fully saturated rings. The third-order valence-corrected chi connectivity index (χ3v) is 17.5. The maximum Gasteiger partial charge on any atom is 0.206 e. The van der Waals surface area contributed by atoms with Crippen LogP contribution in [0.5, 0.6) is 11.5 Å². The van der Waals surface area contributed by atoms with E-state index in [0.29, 0.717) is 33.2 Å². The van der Waals surface area contributed by atoms with Gasteiger partial charge in [-0.25, -0.2) is 29.6 Å². The van der Waals surface area contributed by atoms with Gasteiger partial charge in [0.15, 0.2) is 11.5 Å². The summed E-state index contributed by atoms with van der Waals surface area (Å²) in [5.41, 5.74) is 19.9. The van der Waals surface area contributed by atoms with Crippen molar-refractivity contribution in [3.63, 3.8) is 0 Å². The number of benzene rings is 14. The van der Waals surface area contributed by atoms with Gasteiger partial charge in [0.2, 0.25) is 11.4 Å². The summed E-state index contributed by atoms with van der Waals surface area (Å²) in [6.45, 7) is 19.3. The molecule has 0 radical (unpaired) electrons. The Balaban J connectivity index is 0.000000148. The van der Waals surface area contributed by atoms with Gasteiger partial charge in [0.05, 0.1) is 91.9 Å². The first-order chi connectivity index (χ1) is 45.7. The second-order valence-electron chi connectivity index (χ2n) is 23.1. The molecule has 0 aliphatic carbocycles. The van der Waals surface area contributed by atoms with E-state index in [9.17, 15) is 10.5 Å². The van der Waals surface area contributed by atoms with E-state index in [1.165, 1.54) is 11.1 Å². The number of hydrogen-bond acceptors (Lipinski definition) is 9. The molecule has 93 heavy (non-hydrogen) atoms. The highest BCUT2D eigenvalue weighted by molar-refractivity contribution is 6.26. The van der Waals surface area contributed by atoms with Gasteiger partial charge in [-0.2, -0.15) is 10.5 Å². The average molecular weight is 1190 g/mol. The molecule has 11 nitrogen and oxygen atoms in total. The third-order valence-electron chi connectivity index (χ3n) is 17.5. The van der Waals surface area contributed by atoms with Crippen LogP contribution in [-0.2, 0) is 0 Å². The number of aryl methyl sites for hydroxylation is 2. The molecular formula is C82H48N10O. The number of anilines is 6. The molecule has 1 aliphatic heterocycles. The standard InChI is InChI=1S/C42H27N5.C40H21N5O/c1-26-8-15-31(16-9-26)47(32-17-10-27(2)11-18-32)33-19-12-28(13-20-33)29-14-21-36-37(22-29)34-6-4-5-7-35(34)41-42(36)46-40-24-38(44-3)30(25-43)23-39(40)45-41;1-42-32-22-34-33(21-26(32)23-41)43-39-29-9-3-2-8-28(29)31-20-25(16-19-30(31)40(39)44-34)24-14-17-27(18-15-24)45-35-10-4-6-12-37(35)46-38-13-7-5-11-36(38)45/h4-24H,1-2H3;2-22H. The minimum absolute atomic E-state index is 0.281. The van der Waals surface area contributed by atoms with Gasteiger partial charge in [-0.05, 0) is 167 Å². The molecule has 14 aromatic carbocycles. The highest BCUT2D eigenvalue weighted by Gasteiger charge is 2.26. The second-order valence-corrected chi connectivity index (χ2v) is 23.1. The minimum atomic E-state index is 0.281. The Hall–Kier alpha value is -13.3. The number of nitrogens with zero attached hydrogens (tertiary/aromatic N) is 10. The van der Waals surface area contributed by atoms with E-state index < -0.39 is 0 Å². The zero-order chi connectivity index (χ0) is 62.8. The van der Waals surface area contributed by atoms with Crippen molar-refractivity contribution < 1.29 is 4.74 Å². The average Bonchev–Trinajstić information content (AvgIpc) is 0.746. The summed E-state index contributed by atoms with van der Waals surface area (Å²) in [4.78, 5) is 31.6. The zero-order valence-electron chi connectivity index (χ0n) is 50.1. The van der Waals surface area contributed by atoms with Gasteiger partial charge in [-0.3, -0.25) is 0 Å². The van der Waals surface area contributed by atoms with Crippen molar-refractivity contribution >= 4 is 133 Å². The summed E-state index contributed by atoms with van der Waals surface area (Å²) in [6, 6.07) is 91.1. The molecule has 3 heterocycles. The summed E-state index contributed by atoms with van der Waals surface area (Å²) in [5.74, 6) is 1.65. The highest BCUT2D eigenvalue weighted by Crippen LogP contribution is 2.51. The first-order valence-electron chi connectivity index (χ1n) is 30.3. The molecular weight excluding hydrogens is 1140 g/mol. The third kappa shape index (κ3) is 9.50. The number of para-hydroxylation sites is 4. The fourth-order valence-electron chi connectivity index (χ4n) is 12.9. The van der Waals surface area contributed by atoms with Crippen LogP contribution in [0.2, 0.25) is 0 Å². The number of hydrogen-bond donors (Lipinski definition) is 0. The van der Waals surface area contributed by atoms with Crippen molar-refractivity contribution in [2.45, 2.75) is 13.8 Å². The van der Waals surface area contributed by atoms with Crippen LogP contribution in [0, 0.1) is 49.7 Å². The van der Waals surface area contributed by atoms with Gasteiger partial charge in [0, 0.05) is 44.3 Å². The molecule has 1 aliphatic rings. The Morgan fingerprint density at radius 2 is 0.710 bits per heavy atom. The molecule has 0 amide bonds. The smallest absolute Gasteiger partial charge is 0.206 e. The van der Waals surface area contributed by atoms with Gasteiger partial charge in [-0.15, -0.1) is 0 Å². The lowest BCUT2D eigenvalue weighted by Gasteiger charge is -2.32. The van der Waals surface area contributed by atoms with Crippen molar-refractivity contribution in [1.82, 2.24) is 19.9 Å². The van der Waals surface area contributed by atoms with Crippen molar-refractivity contribution in [1.29, 1.82) is 10.5 Å². The van der Waals surface area contributed by atoms with Gasteiger partial charge in [-0.1, -0.05) is 157 Å². The first-order valence-corrected chi connectivity index (χ1v) is 30.3. The van der Waals surface area contributed by atoms with Crippen LogP contribution in [0.1, 0.15) is 22.3 Å². The molecule has 432 valence electrons. The number of rotatable bonds is 6. The van der Waals surface area contributed by atoms with Crippen LogP contribution in [-0.4, -0.2) is 19.9 Å². The lowest BCUT2D eigenvalue weighted by molar-refractivity contribution is 0.477. The second kappa shape index (κ2) is 22.4. The van der Waals surface area contributed by atoms with Crippen LogP contribution in [0.4, 0.5) is 45.5 Å². The molecule has 0 bridgehead atoms. The maximum absolute atomic E-state index is 9.58. The number of nitriles is 2. The van der Waals surface area contributed by atoms with E-state index in [2.05, 4.69) is 215 Å². The molecule has 0 unspecified atom stereocenters. The van der Waals surface area contributed by atoms with E-state index in [0.717, 1.165) is 133 Å². The van der Waals surface area contributed by atoms with Crippen LogP contribution in [0.15, 0.2) is 255 Å². The van der Waals surface area contributed by atoms with E-state index in [1.54, 1.807) is 24.3 Å². The zero-order valence-corrected chi connectivity index (χ0v) is 50.1. The summed E-state index contributed by atoms with van der Waals surface area (Å²) in [5, 5.41) is 27.4. The topological polar surface area (TPSA) is 124 Å². The normalized spacial score (nSPS) is 11.6. The van der Waals surface area contributed by atoms with E-state index in [-0.39, 0.29) is 11.4 Å². The Bertz CT molecular complexity index is 5890. The molecule has 0 saturated heterocycles. The fourth-order valence-corrected chi connectivity index (χ4v) is 12.9. The molecule has 16 aromatic rings. The van der Waals surface area contributed by atoms with E-state index >= 15 is 0 Å². The summed E-state index contributed by atoms with van der Waals surface area (Å²) < 4.78 is 6.20. The number of fused-ring (bicyclic) bond motifs is 16. The quantitative estimate of drug-likeness (QED) is 0.0909. The summed E-state index contributed by atoms with van der Waals surface area (Å²) >= 11 is 0. The lowest BCUT2D eigenvalue weighted by atomic mass is 9.95. The van der Waals surface area contributed by atoms with E-state index in [4.69, 9.17) is 37.8 Å². The van der Waals surface area contributed by atoms with Gasteiger partial charge < -0.3 is 14.5 Å². The van der Waals surface area contributed by atoms with Gasteiger partial charge in [0.1, 0.15) is 0 Å². The monoisotopic (exact) mass is 1190 g/mol. The van der Waals surface area contributed by atoms with Crippen LogP contribution < -0.4 is 14.5 Å². The van der Waals surface area contributed by atoms with Crippen molar-refractivity contribution in [2.24, 2.45) is 0 Å². The van der Waals surface area contributed by atoms with Crippen molar-refractivity contribution in [2.75, 3.05) is 9.80 Å². The van der Waals surface area contributed by atoms with Crippen LogP contribution in [0.25, 0.3) is 119 Å². The predicted octanol–water partition coefficient (Wildman–Crippen LogP) is 22.0. The molecule has 17 rings (SSSR count). The van der Waals surface area contributed by atoms with Crippen LogP contribution in [0.3, 0.4) is 0 Å². The van der Waals surface area contributed by atoms with Crippen molar-refractivity contribution in [3.8, 4) is 45.9 Å². The lowest BCUT2D eigenvalue weighted by Crippen LogP contribution is -2.15. The van der Waals surface area contributed by atoms with E-state index in [1.807, 2.05) is 60.7 Å². The number of ether oxygens (including phenoxy) is 1. The molecule has 2 aromatic heterocycles. The Morgan fingerprint density at radius 1 is 0.366 bits per heavy atom. The molecule has 0 spiro atoms. The fraction of sp³-hybridized carbons (Fsp3) is 0.0244. The van der Waals surface area contributed by atoms with Gasteiger partial charge >= 0.3 is 0 Å². The predicted molar refractivity (Wildman–Crippen MR) is 376 cm³/mol. The minimum Gasteiger partial charge on any atom is -0.453 e. The molecule has 11 heteroatoms. The number of aromatic nitrogens is 4. The van der Waals surface area contributed by atoms with Crippen molar-refractivity contribution in [3.05, 3.63) is 300 Å². The highest BCUT2D eigenvalue weighted by atomic mass is 16.5. The summed E-state index contributed by atoms with van der Waals surface area (Å²) in [6.07, 6.45) is 0. The summed E-state index contributed by atoms with van der Waals surface area (Å²) in [7, 11) is 0.